The lowest BCUT2D eigenvalue weighted by molar-refractivity contribution is 0.0796. The summed E-state index contributed by atoms with van der Waals surface area (Å²) in [4.78, 5) is 26.1. The molecular weight excluding hydrogens is 298 g/mol. The molecule has 0 radical (unpaired) electrons. The number of carbonyl (C=O) groups excluding carboxylic acids is 2. The summed E-state index contributed by atoms with van der Waals surface area (Å²) in [6, 6.07) is -0.175. The second-order valence-electron chi connectivity index (χ2n) is 7.40. The van der Waals surface area contributed by atoms with Gasteiger partial charge in [-0.2, -0.15) is 0 Å². The molecule has 3 N–H and O–H groups in total. The Bertz CT molecular complexity index is 435. The molecular formula is C16H29N3O4. The Hall–Kier alpha value is -1.43. The number of aliphatic imine (C=N–C) groups is 1. The van der Waals surface area contributed by atoms with Crippen LogP contribution in [0.5, 0.6) is 0 Å². The molecule has 0 spiro atoms. The van der Waals surface area contributed by atoms with Gasteiger partial charge in [0.15, 0.2) is 0 Å². The van der Waals surface area contributed by atoms with Crippen LogP contribution >= 0.6 is 0 Å². The summed E-state index contributed by atoms with van der Waals surface area (Å²) in [6.07, 6.45) is 4.25. The highest BCUT2D eigenvalue weighted by Crippen LogP contribution is 2.46. The minimum Gasteiger partial charge on any atom is -0.394 e. The Morgan fingerprint density at radius 2 is 2.09 bits per heavy atom. The minimum absolute atomic E-state index is 0.0226. The lowest BCUT2D eigenvalue weighted by Gasteiger charge is -2.46. The van der Waals surface area contributed by atoms with Crippen LogP contribution in [0.3, 0.4) is 0 Å². The van der Waals surface area contributed by atoms with E-state index in [1.54, 1.807) is 6.08 Å². The van der Waals surface area contributed by atoms with Crippen molar-refractivity contribution in [3.8, 4) is 0 Å². The van der Waals surface area contributed by atoms with Gasteiger partial charge < -0.3 is 20.5 Å². The summed E-state index contributed by atoms with van der Waals surface area (Å²) in [5.74, 6) is 0. The Labute approximate surface area is 137 Å². The first-order chi connectivity index (χ1) is 10.8. The van der Waals surface area contributed by atoms with Crippen molar-refractivity contribution in [1.82, 2.24) is 10.6 Å². The van der Waals surface area contributed by atoms with Gasteiger partial charge in [0.05, 0.1) is 26.4 Å². The van der Waals surface area contributed by atoms with Gasteiger partial charge in [0, 0.05) is 12.6 Å². The third-order valence-corrected chi connectivity index (χ3v) is 4.07. The largest absolute Gasteiger partial charge is 0.394 e. The summed E-state index contributed by atoms with van der Waals surface area (Å²) in [7, 11) is 0. The van der Waals surface area contributed by atoms with Gasteiger partial charge in [-0.25, -0.2) is 14.6 Å². The number of amides is 2. The summed E-state index contributed by atoms with van der Waals surface area (Å²) >= 11 is 0. The van der Waals surface area contributed by atoms with Crippen LogP contribution < -0.4 is 10.6 Å². The minimum atomic E-state index is -0.221. The second kappa shape index (κ2) is 9.01. The molecule has 0 aliphatic heterocycles. The zero-order valence-corrected chi connectivity index (χ0v) is 14.4. The van der Waals surface area contributed by atoms with Crippen LogP contribution in [0.4, 0.5) is 4.79 Å². The fraction of sp³-hybridized carbons (Fsp3) is 0.875. The van der Waals surface area contributed by atoms with Gasteiger partial charge in [-0.05, 0) is 30.1 Å². The van der Waals surface area contributed by atoms with E-state index in [4.69, 9.17) is 9.84 Å². The monoisotopic (exact) mass is 327 g/mol. The van der Waals surface area contributed by atoms with Crippen molar-refractivity contribution < 1.29 is 19.4 Å². The SMILES string of the molecule is CC1(C)CC(NC(=O)NCCOCCO)CC(C)(CN=C=O)C1. The number of isocyanates is 1. The molecule has 2 unspecified atom stereocenters. The molecule has 7 heteroatoms. The van der Waals surface area contributed by atoms with E-state index in [1.165, 1.54) is 0 Å². The molecule has 1 aliphatic rings. The lowest BCUT2D eigenvalue weighted by Crippen LogP contribution is -2.50. The predicted octanol–water partition coefficient (Wildman–Crippen LogP) is 1.22. The number of rotatable bonds is 8. The second-order valence-corrected chi connectivity index (χ2v) is 7.40. The van der Waals surface area contributed by atoms with Crippen molar-refractivity contribution in [2.75, 3.05) is 32.9 Å². The van der Waals surface area contributed by atoms with Crippen molar-refractivity contribution >= 4 is 12.1 Å². The first-order valence-corrected chi connectivity index (χ1v) is 8.07. The van der Waals surface area contributed by atoms with Crippen LogP contribution in [0.1, 0.15) is 40.0 Å². The van der Waals surface area contributed by atoms with Crippen LogP contribution in [-0.4, -0.2) is 56.2 Å². The topological polar surface area (TPSA) is 100 Å². The van der Waals surface area contributed by atoms with Gasteiger partial charge in [-0.3, -0.25) is 0 Å². The number of urea groups is 1. The fourth-order valence-corrected chi connectivity index (χ4v) is 3.72. The van der Waals surface area contributed by atoms with E-state index in [-0.39, 0.29) is 36.1 Å². The molecule has 2 atom stereocenters. The number of aliphatic hydroxyl groups excluding tert-OH is 1. The van der Waals surface area contributed by atoms with Crippen LogP contribution in [0.15, 0.2) is 4.99 Å². The summed E-state index contributed by atoms with van der Waals surface area (Å²) < 4.78 is 5.09. The molecule has 0 aromatic rings. The van der Waals surface area contributed by atoms with E-state index >= 15 is 0 Å². The Balaban J connectivity index is 2.48. The van der Waals surface area contributed by atoms with E-state index in [9.17, 15) is 9.59 Å². The van der Waals surface area contributed by atoms with Crippen molar-refractivity contribution in [3.63, 3.8) is 0 Å². The molecule has 23 heavy (non-hydrogen) atoms. The molecule has 0 aromatic heterocycles. The maximum atomic E-state index is 12.0. The van der Waals surface area contributed by atoms with Crippen LogP contribution in [0.25, 0.3) is 0 Å². The number of carbonyl (C=O) groups is 1. The molecule has 0 aromatic carbocycles. The molecule has 132 valence electrons. The molecule has 2 amide bonds. The number of aliphatic hydroxyl groups is 1. The quantitative estimate of drug-likeness (QED) is 0.354. The zero-order valence-electron chi connectivity index (χ0n) is 14.4. The van der Waals surface area contributed by atoms with E-state index in [0.29, 0.717) is 19.7 Å². The highest BCUT2D eigenvalue weighted by Gasteiger charge is 2.41. The third-order valence-electron chi connectivity index (χ3n) is 4.07. The molecule has 1 aliphatic carbocycles. The smallest absolute Gasteiger partial charge is 0.315 e. The zero-order chi connectivity index (χ0) is 17.3. The summed E-state index contributed by atoms with van der Waals surface area (Å²) in [5, 5.41) is 14.3. The number of hydrogen-bond donors (Lipinski definition) is 3. The number of ether oxygens (including phenoxy) is 1. The van der Waals surface area contributed by atoms with E-state index in [2.05, 4.69) is 36.4 Å². The number of nitrogens with one attached hydrogen (secondary N) is 2. The molecule has 0 saturated heterocycles. The van der Waals surface area contributed by atoms with Gasteiger partial charge in [-0.1, -0.05) is 20.8 Å². The van der Waals surface area contributed by atoms with Gasteiger partial charge in [0.2, 0.25) is 6.08 Å². The number of hydrogen-bond acceptors (Lipinski definition) is 5. The van der Waals surface area contributed by atoms with Crippen molar-refractivity contribution in [2.45, 2.75) is 46.1 Å². The third kappa shape index (κ3) is 7.59. The highest BCUT2D eigenvalue weighted by atomic mass is 16.5. The number of nitrogens with zero attached hydrogens (tertiary/aromatic N) is 1. The Morgan fingerprint density at radius 1 is 1.35 bits per heavy atom. The average molecular weight is 327 g/mol. The standard InChI is InChI=1S/C16H29N3O4/c1-15(2)8-13(9-16(3,10-15)11-17-12-21)19-14(22)18-4-6-23-7-5-20/h13,20H,4-11H2,1-3H3,(H2,18,19,22). The molecule has 0 bridgehead atoms. The molecule has 1 saturated carbocycles. The molecule has 1 fully saturated rings. The summed E-state index contributed by atoms with van der Waals surface area (Å²) in [6.45, 7) is 7.90. The Kier molecular flexibility index (Phi) is 7.68. The average Bonchev–Trinajstić information content (AvgIpc) is 2.42. The van der Waals surface area contributed by atoms with Crippen LogP contribution in [0.2, 0.25) is 0 Å². The van der Waals surface area contributed by atoms with E-state index in [1.807, 2.05) is 0 Å². The maximum Gasteiger partial charge on any atom is 0.315 e. The highest BCUT2D eigenvalue weighted by molar-refractivity contribution is 5.74. The lowest BCUT2D eigenvalue weighted by atomic mass is 9.62. The van der Waals surface area contributed by atoms with Gasteiger partial charge in [0.1, 0.15) is 0 Å². The van der Waals surface area contributed by atoms with Gasteiger partial charge in [-0.15, -0.1) is 0 Å². The van der Waals surface area contributed by atoms with Gasteiger partial charge in [0.25, 0.3) is 0 Å². The summed E-state index contributed by atoms with van der Waals surface area (Å²) in [5.41, 5.74) is -0.0328. The normalized spacial score (nSPS) is 26.2. The van der Waals surface area contributed by atoms with E-state index < -0.39 is 0 Å². The molecule has 7 nitrogen and oxygen atoms in total. The maximum absolute atomic E-state index is 12.0. The Morgan fingerprint density at radius 3 is 2.74 bits per heavy atom. The first kappa shape index (κ1) is 19.6. The van der Waals surface area contributed by atoms with Crippen molar-refractivity contribution in [1.29, 1.82) is 0 Å². The molecule has 0 heterocycles. The van der Waals surface area contributed by atoms with Crippen molar-refractivity contribution in [3.05, 3.63) is 0 Å². The first-order valence-electron chi connectivity index (χ1n) is 8.07. The van der Waals surface area contributed by atoms with Crippen LogP contribution in [0, 0.1) is 10.8 Å². The van der Waals surface area contributed by atoms with Gasteiger partial charge >= 0.3 is 6.03 Å². The fourth-order valence-electron chi connectivity index (χ4n) is 3.72. The molecule has 1 rings (SSSR count). The van der Waals surface area contributed by atoms with Crippen molar-refractivity contribution in [2.24, 2.45) is 15.8 Å². The van der Waals surface area contributed by atoms with E-state index in [0.717, 1.165) is 19.3 Å². The predicted molar refractivity (Wildman–Crippen MR) is 87.0 cm³/mol. The van der Waals surface area contributed by atoms with Crippen LogP contribution in [-0.2, 0) is 9.53 Å².